The Labute approximate surface area is 328 Å². The number of carbonyl (C=O) groups is 2. The number of pyridine rings is 1. The van der Waals surface area contributed by atoms with Gasteiger partial charge in [0.2, 0.25) is 5.95 Å². The van der Waals surface area contributed by atoms with Crippen LogP contribution in [0.25, 0.3) is 11.3 Å². The minimum absolute atomic E-state index is 0.243. The second-order valence-electron chi connectivity index (χ2n) is 15.7. The van der Waals surface area contributed by atoms with Crippen LogP contribution in [-0.4, -0.2) is 69.7 Å². The molecular formula is C42H53N9O5. The Kier molecular flexibility index (Phi) is 11.9. The van der Waals surface area contributed by atoms with Gasteiger partial charge in [-0.2, -0.15) is 5.10 Å². The number of hydrogen-bond acceptors (Lipinski definition) is 10. The zero-order chi connectivity index (χ0) is 39.2. The van der Waals surface area contributed by atoms with Crippen molar-refractivity contribution in [2.45, 2.75) is 96.4 Å². The molecule has 3 atom stereocenters. The molecule has 1 fully saturated rings. The van der Waals surface area contributed by atoms with Crippen molar-refractivity contribution in [2.75, 3.05) is 36.8 Å². The highest BCUT2D eigenvalue weighted by molar-refractivity contribution is 5.90. The number of fused-ring (bicyclic) bond motifs is 2. The molecule has 56 heavy (non-hydrogen) atoms. The van der Waals surface area contributed by atoms with Crippen LogP contribution in [0.4, 0.5) is 16.6 Å². The van der Waals surface area contributed by atoms with E-state index in [9.17, 15) is 9.59 Å². The monoisotopic (exact) mass is 763 g/mol. The number of rotatable bonds is 14. The van der Waals surface area contributed by atoms with Crippen LogP contribution < -0.4 is 25.3 Å². The molecule has 14 heteroatoms. The fourth-order valence-corrected chi connectivity index (χ4v) is 7.57. The molecule has 14 nitrogen and oxygen atoms in total. The second kappa shape index (κ2) is 17.1. The molecule has 2 amide bonds. The van der Waals surface area contributed by atoms with Crippen molar-refractivity contribution in [3.63, 3.8) is 0 Å². The molecule has 296 valence electrons. The zero-order valence-corrected chi connectivity index (χ0v) is 33.0. The van der Waals surface area contributed by atoms with E-state index in [0.717, 1.165) is 77.1 Å². The summed E-state index contributed by atoms with van der Waals surface area (Å²) in [5, 5.41) is 21.4. The zero-order valence-electron chi connectivity index (χ0n) is 33.0. The third-order valence-electron chi connectivity index (χ3n) is 10.6. The van der Waals surface area contributed by atoms with Crippen LogP contribution in [0.15, 0.2) is 72.9 Å². The number of nitrogens with zero attached hydrogens (tertiary/aromatic N) is 7. The van der Waals surface area contributed by atoms with Crippen molar-refractivity contribution in [2.24, 2.45) is 0 Å². The van der Waals surface area contributed by atoms with Crippen molar-refractivity contribution in [1.82, 2.24) is 35.0 Å². The standard InChI is InChI=1S/C42H53N9O5/c1-29-11-8-9-23-48(29)40-46-45-38-21-18-32(27-49(38)40)56-36-20-19-35(33-12-6-7-13-34(33)36)44-41(53)51(55-28-52)39-25-37(42(2,3)4)47-50(39)31-16-14-30(15-17-31)26-43-22-10-24-54-5/h6-7,12-18,21,25,27-29,35-36,43H,8-11,19-20,22-24,26H2,1-5H3,(H,44,53)/t29-,35-,36+/m0/s1. The van der Waals surface area contributed by atoms with Crippen molar-refractivity contribution in [3.05, 3.63) is 95.3 Å². The Morgan fingerprint density at radius 1 is 1.00 bits per heavy atom. The minimum atomic E-state index is -0.590. The summed E-state index contributed by atoms with van der Waals surface area (Å²) >= 11 is 0. The average Bonchev–Trinajstić information content (AvgIpc) is 3.84. The van der Waals surface area contributed by atoms with Gasteiger partial charge in [0, 0.05) is 44.3 Å². The predicted octanol–water partition coefficient (Wildman–Crippen LogP) is 6.98. The lowest BCUT2D eigenvalue weighted by atomic mass is 9.85. The Balaban J connectivity index is 1.10. The smallest absolute Gasteiger partial charge is 0.357 e. The number of piperidine rings is 1. The SMILES string of the molecule is COCCCNCc1ccc(-n2nc(C(C)(C)C)cc2N(OC=O)C(=O)N[C@H]2CC[C@@H](Oc3ccc4nnc(N5CCCC[C@@H]5C)n4c3)c3ccccc32)cc1. The molecule has 0 saturated carbocycles. The highest BCUT2D eigenvalue weighted by atomic mass is 16.7. The van der Waals surface area contributed by atoms with Gasteiger partial charge in [-0.3, -0.25) is 9.20 Å². The number of ether oxygens (including phenoxy) is 2. The number of anilines is 2. The Morgan fingerprint density at radius 3 is 2.55 bits per heavy atom. The summed E-state index contributed by atoms with van der Waals surface area (Å²) < 4.78 is 15.5. The molecule has 3 aromatic heterocycles. The summed E-state index contributed by atoms with van der Waals surface area (Å²) in [4.78, 5) is 33.9. The summed E-state index contributed by atoms with van der Waals surface area (Å²) in [6, 6.07) is 21.0. The van der Waals surface area contributed by atoms with E-state index >= 15 is 0 Å². The molecule has 7 rings (SSSR count). The highest BCUT2D eigenvalue weighted by Crippen LogP contribution is 2.39. The van der Waals surface area contributed by atoms with E-state index in [1.165, 1.54) is 6.42 Å². The Hall–Kier alpha value is -5.47. The van der Waals surface area contributed by atoms with Gasteiger partial charge in [0.05, 0.1) is 23.6 Å². The number of hydroxylamine groups is 1. The van der Waals surface area contributed by atoms with E-state index in [2.05, 4.69) is 32.7 Å². The molecule has 0 bridgehead atoms. The topological polar surface area (TPSA) is 140 Å². The number of methoxy groups -OCH3 is 1. The van der Waals surface area contributed by atoms with Crippen molar-refractivity contribution in [1.29, 1.82) is 0 Å². The van der Waals surface area contributed by atoms with Gasteiger partial charge in [-0.15, -0.1) is 15.3 Å². The summed E-state index contributed by atoms with van der Waals surface area (Å²) in [7, 11) is 1.70. The first kappa shape index (κ1) is 38.8. The molecule has 1 aliphatic heterocycles. The molecule has 1 saturated heterocycles. The Bertz CT molecular complexity index is 2110. The molecular weight excluding hydrogens is 711 g/mol. The average molecular weight is 764 g/mol. The van der Waals surface area contributed by atoms with Crippen LogP contribution in [0.5, 0.6) is 5.75 Å². The van der Waals surface area contributed by atoms with E-state index in [1.807, 2.05) is 92.0 Å². The quantitative estimate of drug-likeness (QED) is 0.0692. The number of urea groups is 1. The van der Waals surface area contributed by atoms with E-state index in [0.29, 0.717) is 43.6 Å². The third kappa shape index (κ3) is 8.51. The lowest BCUT2D eigenvalue weighted by Crippen LogP contribution is -2.43. The third-order valence-corrected chi connectivity index (χ3v) is 10.6. The Morgan fingerprint density at radius 2 is 1.80 bits per heavy atom. The van der Waals surface area contributed by atoms with E-state index in [-0.39, 0.29) is 24.0 Å². The van der Waals surface area contributed by atoms with E-state index in [1.54, 1.807) is 17.9 Å². The lowest BCUT2D eigenvalue weighted by molar-refractivity contribution is -0.129. The van der Waals surface area contributed by atoms with Gasteiger partial charge in [0.1, 0.15) is 11.9 Å². The summed E-state index contributed by atoms with van der Waals surface area (Å²) in [5.41, 5.74) is 4.89. The number of hydrogen-bond donors (Lipinski definition) is 2. The van der Waals surface area contributed by atoms with E-state index in [4.69, 9.17) is 19.4 Å². The molecule has 4 heterocycles. The van der Waals surface area contributed by atoms with Crippen LogP contribution in [0, 0.1) is 0 Å². The number of aromatic nitrogens is 5. The van der Waals surface area contributed by atoms with Crippen molar-refractivity contribution in [3.8, 4) is 11.4 Å². The van der Waals surface area contributed by atoms with Gasteiger partial charge in [-0.25, -0.2) is 9.48 Å². The first-order valence-corrected chi connectivity index (χ1v) is 19.6. The lowest BCUT2D eigenvalue weighted by Gasteiger charge is -2.34. The number of carbonyl (C=O) groups excluding carboxylic acids is 2. The number of nitrogens with one attached hydrogen (secondary N) is 2. The maximum absolute atomic E-state index is 14.2. The van der Waals surface area contributed by atoms with Gasteiger partial charge >= 0.3 is 12.5 Å². The molecule has 2 N–H and O–H groups in total. The van der Waals surface area contributed by atoms with Gasteiger partial charge in [-0.1, -0.05) is 57.2 Å². The normalized spacial score (nSPS) is 18.4. The molecule has 5 aromatic rings. The highest BCUT2D eigenvalue weighted by Gasteiger charge is 2.34. The van der Waals surface area contributed by atoms with Gasteiger partial charge in [0.25, 0.3) is 0 Å². The van der Waals surface area contributed by atoms with E-state index < -0.39 is 6.03 Å². The summed E-state index contributed by atoms with van der Waals surface area (Å²) in [5.74, 6) is 1.85. The molecule has 2 aliphatic rings. The maximum atomic E-state index is 14.2. The predicted molar refractivity (Wildman–Crippen MR) is 214 cm³/mol. The minimum Gasteiger partial charge on any atom is -0.484 e. The molecule has 0 spiro atoms. The fraction of sp³-hybridized carbons (Fsp3) is 0.452. The maximum Gasteiger partial charge on any atom is 0.357 e. The van der Waals surface area contributed by atoms with Crippen LogP contribution in [0.3, 0.4) is 0 Å². The molecule has 1 aliphatic carbocycles. The molecule has 0 unspecified atom stereocenters. The van der Waals surface area contributed by atoms with Gasteiger partial charge < -0.3 is 29.8 Å². The van der Waals surface area contributed by atoms with Crippen LogP contribution in [0.1, 0.15) is 101 Å². The van der Waals surface area contributed by atoms with Crippen molar-refractivity contribution < 1.29 is 23.9 Å². The van der Waals surface area contributed by atoms with Gasteiger partial charge in [-0.05, 0) is 92.9 Å². The summed E-state index contributed by atoms with van der Waals surface area (Å²) in [6.45, 7) is 11.8. The van der Waals surface area contributed by atoms with Crippen molar-refractivity contribution >= 4 is 29.9 Å². The van der Waals surface area contributed by atoms with Gasteiger partial charge in [0.15, 0.2) is 11.5 Å². The first-order valence-electron chi connectivity index (χ1n) is 19.6. The second-order valence-corrected chi connectivity index (χ2v) is 15.7. The number of amides is 2. The summed E-state index contributed by atoms with van der Waals surface area (Å²) in [6.07, 6.45) is 7.39. The van der Waals surface area contributed by atoms with Crippen LogP contribution in [-0.2, 0) is 26.3 Å². The van der Waals surface area contributed by atoms with Crippen LogP contribution in [0.2, 0.25) is 0 Å². The fourth-order valence-electron chi connectivity index (χ4n) is 7.57. The number of benzene rings is 2. The molecule has 0 radical (unpaired) electrons. The molecule has 2 aromatic carbocycles. The first-order chi connectivity index (χ1) is 27.1. The van der Waals surface area contributed by atoms with Crippen LogP contribution >= 0.6 is 0 Å². The largest absolute Gasteiger partial charge is 0.484 e.